The lowest BCUT2D eigenvalue weighted by Gasteiger charge is -2.29. The first-order valence-electron chi connectivity index (χ1n) is 9.40. The Balaban J connectivity index is 4.74. The molecule has 0 spiro atoms. The fraction of sp³-hybridized carbons (Fsp3) is 0.895. The third-order valence-electron chi connectivity index (χ3n) is 3.80. The minimum atomic E-state index is -0.428. The van der Waals surface area contributed by atoms with Gasteiger partial charge < -0.3 is 14.0 Å². The van der Waals surface area contributed by atoms with Crippen molar-refractivity contribution in [3.63, 3.8) is 0 Å². The second-order valence-electron chi connectivity index (χ2n) is 7.58. The first-order chi connectivity index (χ1) is 11.2. The summed E-state index contributed by atoms with van der Waals surface area (Å²) in [5.41, 5.74) is 0. The molecular weight excluding hydrogens is 306 g/mol. The van der Waals surface area contributed by atoms with Gasteiger partial charge in [-0.1, -0.05) is 40.0 Å². The Hall–Kier alpha value is -1.10. The summed E-state index contributed by atoms with van der Waals surface area (Å²) in [6, 6.07) is 0. The number of unbranched alkanes of at least 4 members (excludes halogenated alkanes) is 1. The van der Waals surface area contributed by atoms with E-state index < -0.39 is 6.10 Å². The maximum atomic E-state index is 12.5. The van der Waals surface area contributed by atoms with Crippen molar-refractivity contribution in [3.05, 3.63) is 0 Å². The van der Waals surface area contributed by atoms with Crippen LogP contribution in [0.25, 0.3) is 0 Å². The van der Waals surface area contributed by atoms with Gasteiger partial charge in [-0.25, -0.2) is 0 Å². The topological polar surface area (TPSA) is 52.6 Å². The van der Waals surface area contributed by atoms with E-state index in [1.54, 1.807) is 0 Å². The Morgan fingerprint density at radius 2 is 1.54 bits per heavy atom. The Labute approximate surface area is 148 Å². The Morgan fingerprint density at radius 1 is 0.958 bits per heavy atom. The third kappa shape index (κ3) is 11.4. The van der Waals surface area contributed by atoms with Crippen molar-refractivity contribution in [3.8, 4) is 0 Å². The van der Waals surface area contributed by atoms with Crippen molar-refractivity contribution >= 4 is 11.9 Å². The fourth-order valence-corrected chi connectivity index (χ4v) is 2.67. The van der Waals surface area contributed by atoms with Gasteiger partial charge in [-0.05, 0) is 19.3 Å². The van der Waals surface area contributed by atoms with Gasteiger partial charge in [0, 0.05) is 0 Å². The second-order valence-corrected chi connectivity index (χ2v) is 7.58. The molecule has 0 aliphatic carbocycles. The molecule has 0 aliphatic rings. The van der Waals surface area contributed by atoms with Crippen molar-refractivity contribution in [2.24, 2.45) is 5.92 Å². The maximum Gasteiger partial charge on any atom is 0.309 e. The first kappa shape index (κ1) is 22.9. The van der Waals surface area contributed by atoms with Crippen LogP contribution in [-0.4, -0.2) is 56.8 Å². The average molecular weight is 345 g/mol. The summed E-state index contributed by atoms with van der Waals surface area (Å²) >= 11 is 0. The summed E-state index contributed by atoms with van der Waals surface area (Å²) in [6.07, 6.45) is 5.15. The number of ether oxygens (including phenoxy) is 2. The summed E-state index contributed by atoms with van der Waals surface area (Å²) in [4.78, 5) is 24.5. The number of rotatable bonds is 13. The van der Waals surface area contributed by atoms with Gasteiger partial charge in [0.05, 0.1) is 40.1 Å². The van der Waals surface area contributed by atoms with Crippen LogP contribution >= 0.6 is 0 Å². The fourth-order valence-electron chi connectivity index (χ4n) is 2.67. The zero-order valence-corrected chi connectivity index (χ0v) is 16.6. The number of carbonyl (C=O) groups is 2. The molecule has 0 saturated heterocycles. The number of esters is 2. The standard InChI is InChI=1S/C19H38NO4/c1-7-10-13-23-18(21)14-17(15-20(4,5)6)24-19(22)16(11-8-2)12-9-3/h16-17H,7-15H2,1-6H3/q+1. The van der Waals surface area contributed by atoms with Crippen LogP contribution in [0, 0.1) is 5.92 Å². The molecule has 0 saturated carbocycles. The van der Waals surface area contributed by atoms with Crippen LogP contribution in [0.4, 0.5) is 0 Å². The zero-order valence-electron chi connectivity index (χ0n) is 16.6. The molecule has 24 heavy (non-hydrogen) atoms. The highest BCUT2D eigenvalue weighted by Crippen LogP contribution is 2.18. The highest BCUT2D eigenvalue weighted by Gasteiger charge is 2.28. The van der Waals surface area contributed by atoms with Crippen molar-refractivity contribution in [2.75, 3.05) is 34.3 Å². The van der Waals surface area contributed by atoms with Crippen molar-refractivity contribution in [1.29, 1.82) is 0 Å². The number of nitrogens with zero attached hydrogens (tertiary/aromatic N) is 1. The highest BCUT2D eigenvalue weighted by atomic mass is 16.6. The smallest absolute Gasteiger partial charge is 0.309 e. The van der Waals surface area contributed by atoms with Crippen LogP contribution in [-0.2, 0) is 19.1 Å². The quantitative estimate of drug-likeness (QED) is 0.291. The molecule has 1 unspecified atom stereocenters. The van der Waals surface area contributed by atoms with E-state index in [0.717, 1.165) is 38.5 Å². The van der Waals surface area contributed by atoms with Crippen molar-refractivity contribution in [2.45, 2.75) is 71.8 Å². The molecule has 0 aromatic carbocycles. The summed E-state index contributed by atoms with van der Waals surface area (Å²) in [5.74, 6) is -0.512. The highest BCUT2D eigenvalue weighted by molar-refractivity contribution is 5.74. The molecule has 142 valence electrons. The summed E-state index contributed by atoms with van der Waals surface area (Å²) in [7, 11) is 6.08. The molecule has 5 nitrogen and oxygen atoms in total. The molecule has 0 heterocycles. The van der Waals surface area contributed by atoms with E-state index in [2.05, 4.69) is 20.8 Å². The van der Waals surface area contributed by atoms with E-state index in [4.69, 9.17) is 9.47 Å². The van der Waals surface area contributed by atoms with Gasteiger partial charge in [-0.2, -0.15) is 0 Å². The molecule has 0 aliphatic heterocycles. The third-order valence-corrected chi connectivity index (χ3v) is 3.80. The Morgan fingerprint density at radius 3 is 2.00 bits per heavy atom. The molecule has 0 radical (unpaired) electrons. The van der Waals surface area contributed by atoms with Gasteiger partial charge in [0.1, 0.15) is 6.54 Å². The van der Waals surface area contributed by atoms with Crippen LogP contribution in [0.2, 0.25) is 0 Å². The first-order valence-corrected chi connectivity index (χ1v) is 9.40. The molecule has 0 aromatic rings. The molecule has 0 amide bonds. The van der Waals surface area contributed by atoms with E-state index >= 15 is 0 Å². The van der Waals surface area contributed by atoms with E-state index in [1.165, 1.54) is 0 Å². The molecule has 0 bridgehead atoms. The number of hydrogen-bond acceptors (Lipinski definition) is 4. The molecule has 0 aromatic heterocycles. The van der Waals surface area contributed by atoms with Crippen molar-refractivity contribution < 1.29 is 23.5 Å². The minimum absolute atomic E-state index is 0.0638. The Bertz CT molecular complexity index is 357. The lowest BCUT2D eigenvalue weighted by molar-refractivity contribution is -0.873. The average Bonchev–Trinajstić information content (AvgIpc) is 2.45. The van der Waals surface area contributed by atoms with E-state index in [0.29, 0.717) is 17.6 Å². The molecule has 0 N–H and O–H groups in total. The summed E-state index contributed by atoms with van der Waals surface area (Å²) in [6.45, 7) is 7.24. The van der Waals surface area contributed by atoms with Gasteiger partial charge in [-0.3, -0.25) is 9.59 Å². The molecule has 5 heteroatoms. The van der Waals surface area contributed by atoms with Gasteiger partial charge in [0.25, 0.3) is 0 Å². The van der Waals surface area contributed by atoms with Crippen LogP contribution in [0.1, 0.15) is 65.7 Å². The predicted molar refractivity (Wildman–Crippen MR) is 96.6 cm³/mol. The Kier molecular flexibility index (Phi) is 11.7. The van der Waals surface area contributed by atoms with E-state index in [9.17, 15) is 9.59 Å². The van der Waals surface area contributed by atoms with Crippen LogP contribution in [0.15, 0.2) is 0 Å². The lowest BCUT2D eigenvalue weighted by atomic mass is 9.98. The summed E-state index contributed by atoms with van der Waals surface area (Å²) in [5, 5.41) is 0. The molecule has 0 rings (SSSR count). The maximum absolute atomic E-state index is 12.5. The molecule has 1 atom stereocenters. The van der Waals surface area contributed by atoms with E-state index in [1.807, 2.05) is 21.1 Å². The number of carbonyl (C=O) groups excluding carboxylic acids is 2. The summed E-state index contributed by atoms with van der Waals surface area (Å²) < 4.78 is 11.6. The zero-order chi connectivity index (χ0) is 18.6. The van der Waals surface area contributed by atoms with Gasteiger partial charge in [0.15, 0.2) is 6.10 Å². The number of likely N-dealkylation sites (N-methyl/N-ethyl adjacent to an activating group) is 1. The lowest BCUT2D eigenvalue weighted by Crippen LogP contribution is -2.44. The number of hydrogen-bond donors (Lipinski definition) is 0. The molecule has 0 fully saturated rings. The van der Waals surface area contributed by atoms with E-state index in [-0.39, 0.29) is 24.3 Å². The van der Waals surface area contributed by atoms with Crippen LogP contribution < -0.4 is 0 Å². The predicted octanol–water partition coefficient (Wildman–Crippen LogP) is 3.55. The SMILES string of the molecule is CCCCOC(=O)CC(C[N+](C)(C)C)OC(=O)C(CCC)CCC. The van der Waals surface area contributed by atoms with Crippen LogP contribution in [0.3, 0.4) is 0 Å². The van der Waals surface area contributed by atoms with Gasteiger partial charge in [0.2, 0.25) is 0 Å². The second kappa shape index (κ2) is 12.3. The van der Waals surface area contributed by atoms with Gasteiger partial charge in [-0.15, -0.1) is 0 Å². The molecular formula is C19H38NO4+. The largest absolute Gasteiger partial charge is 0.466 e. The van der Waals surface area contributed by atoms with Crippen LogP contribution in [0.5, 0.6) is 0 Å². The van der Waals surface area contributed by atoms with Gasteiger partial charge >= 0.3 is 11.9 Å². The monoisotopic (exact) mass is 344 g/mol. The normalized spacial score (nSPS) is 13.0. The van der Waals surface area contributed by atoms with Crippen molar-refractivity contribution in [1.82, 2.24) is 0 Å². The minimum Gasteiger partial charge on any atom is -0.466 e. The number of quaternary nitrogens is 1.